The second-order valence-electron chi connectivity index (χ2n) is 6.85. The summed E-state index contributed by atoms with van der Waals surface area (Å²) in [6, 6.07) is 15.4. The van der Waals surface area contributed by atoms with E-state index in [1.54, 1.807) is 18.2 Å². The molecule has 2 aromatic rings. The van der Waals surface area contributed by atoms with Crippen molar-refractivity contribution in [2.24, 2.45) is 0 Å². The Bertz CT molecular complexity index is 896. The molecular formula is C21H20N2O3S. The molecule has 138 valence electrons. The molecule has 0 aromatic heterocycles. The van der Waals surface area contributed by atoms with Gasteiger partial charge in [0.1, 0.15) is 0 Å². The van der Waals surface area contributed by atoms with Gasteiger partial charge >= 0.3 is 0 Å². The Morgan fingerprint density at radius 3 is 2.81 bits per heavy atom. The molecule has 1 unspecified atom stereocenters. The highest BCUT2D eigenvalue weighted by Crippen LogP contribution is 2.29. The highest BCUT2D eigenvalue weighted by molar-refractivity contribution is 8.14. The minimum absolute atomic E-state index is 0.0178. The van der Waals surface area contributed by atoms with Gasteiger partial charge in [-0.3, -0.25) is 19.3 Å². The molecule has 2 aromatic carbocycles. The zero-order chi connectivity index (χ0) is 18.8. The fraction of sp³-hybridized carbons (Fsp3) is 0.286. The maximum atomic E-state index is 12.8. The lowest BCUT2D eigenvalue weighted by atomic mass is 9.87. The van der Waals surface area contributed by atoms with E-state index in [1.807, 2.05) is 18.2 Å². The molecule has 5 nitrogen and oxygen atoms in total. The zero-order valence-corrected chi connectivity index (χ0v) is 15.6. The average molecular weight is 380 g/mol. The first-order valence-electron chi connectivity index (χ1n) is 9.06. The van der Waals surface area contributed by atoms with E-state index in [0.29, 0.717) is 5.56 Å². The van der Waals surface area contributed by atoms with Crippen LogP contribution in [0.15, 0.2) is 48.5 Å². The molecule has 2 aliphatic rings. The summed E-state index contributed by atoms with van der Waals surface area (Å²) in [5.74, 6) is -0.120. The molecule has 1 N–H and O–H groups in total. The van der Waals surface area contributed by atoms with Crippen molar-refractivity contribution < 1.29 is 14.4 Å². The second-order valence-corrected chi connectivity index (χ2v) is 7.78. The number of hydrogen-bond acceptors (Lipinski definition) is 4. The second kappa shape index (κ2) is 7.56. The van der Waals surface area contributed by atoms with Crippen molar-refractivity contribution in [2.75, 3.05) is 5.75 Å². The Morgan fingerprint density at radius 2 is 2.00 bits per heavy atom. The number of thioether (sulfide) groups is 1. The molecule has 0 spiro atoms. The molecule has 1 aliphatic heterocycles. The monoisotopic (exact) mass is 380 g/mol. The lowest BCUT2D eigenvalue weighted by molar-refractivity contribution is -0.125. The Hall–Kier alpha value is -2.60. The van der Waals surface area contributed by atoms with Crippen molar-refractivity contribution in [1.82, 2.24) is 10.2 Å². The number of nitrogens with one attached hydrogen (secondary N) is 1. The molecule has 1 saturated heterocycles. The number of carbonyl (C=O) groups excluding carboxylic acids is 3. The first-order valence-corrected chi connectivity index (χ1v) is 10.0. The fourth-order valence-electron chi connectivity index (χ4n) is 3.67. The van der Waals surface area contributed by atoms with Crippen LogP contribution in [0.1, 0.15) is 45.9 Å². The van der Waals surface area contributed by atoms with Crippen LogP contribution < -0.4 is 5.32 Å². The molecule has 6 heteroatoms. The number of benzene rings is 2. The van der Waals surface area contributed by atoms with Crippen molar-refractivity contribution in [1.29, 1.82) is 0 Å². The van der Waals surface area contributed by atoms with Gasteiger partial charge in [-0.05, 0) is 48.1 Å². The summed E-state index contributed by atoms with van der Waals surface area (Å²) in [6.45, 7) is 0.206. The van der Waals surface area contributed by atoms with E-state index in [2.05, 4.69) is 17.4 Å². The third-order valence-electron chi connectivity index (χ3n) is 5.05. The minimum atomic E-state index is -0.228. The van der Waals surface area contributed by atoms with Gasteiger partial charge in [0, 0.05) is 5.56 Å². The quantitative estimate of drug-likeness (QED) is 0.878. The lowest BCUT2D eigenvalue weighted by Gasteiger charge is -2.26. The number of fused-ring (bicyclic) bond motifs is 1. The smallest absolute Gasteiger partial charge is 0.289 e. The van der Waals surface area contributed by atoms with E-state index >= 15 is 0 Å². The largest absolute Gasteiger partial charge is 0.345 e. The average Bonchev–Trinajstić information content (AvgIpc) is 3.00. The van der Waals surface area contributed by atoms with Crippen LogP contribution in [0.4, 0.5) is 4.79 Å². The number of rotatable bonds is 4. The van der Waals surface area contributed by atoms with Crippen LogP contribution in [-0.2, 0) is 17.8 Å². The van der Waals surface area contributed by atoms with Crippen LogP contribution in [0.2, 0.25) is 0 Å². The van der Waals surface area contributed by atoms with Gasteiger partial charge in [0.15, 0.2) is 0 Å². The van der Waals surface area contributed by atoms with Gasteiger partial charge in [0.2, 0.25) is 5.91 Å². The molecule has 0 bridgehead atoms. The van der Waals surface area contributed by atoms with Crippen molar-refractivity contribution in [3.63, 3.8) is 0 Å². The van der Waals surface area contributed by atoms with Crippen molar-refractivity contribution in [3.05, 3.63) is 70.8 Å². The summed E-state index contributed by atoms with van der Waals surface area (Å²) in [4.78, 5) is 37.6. The number of hydrogen-bond donors (Lipinski definition) is 1. The van der Waals surface area contributed by atoms with E-state index in [4.69, 9.17) is 0 Å². The maximum absolute atomic E-state index is 12.8. The summed E-state index contributed by atoms with van der Waals surface area (Å²) in [6.07, 6.45) is 3.03. The standard InChI is InChI=1S/C21H20N2O3S/c24-19-13-27-21(26)23(19)12-14-5-3-8-16(11-14)20(25)22-18-10-4-7-15-6-1-2-9-17(15)18/h1-3,5-6,8-9,11,18H,4,7,10,12-13H2,(H,22,25). The normalized spacial score (nSPS) is 19.1. The predicted octanol–water partition coefficient (Wildman–Crippen LogP) is 3.69. The summed E-state index contributed by atoms with van der Waals surface area (Å²) < 4.78 is 0. The minimum Gasteiger partial charge on any atom is -0.345 e. The Morgan fingerprint density at radius 1 is 1.15 bits per heavy atom. The molecule has 1 aliphatic carbocycles. The topological polar surface area (TPSA) is 66.5 Å². The lowest BCUT2D eigenvalue weighted by Crippen LogP contribution is -2.31. The molecule has 4 rings (SSSR count). The van der Waals surface area contributed by atoms with E-state index in [9.17, 15) is 14.4 Å². The van der Waals surface area contributed by atoms with Gasteiger partial charge in [0.05, 0.1) is 18.3 Å². The number of carbonyl (C=O) groups is 3. The van der Waals surface area contributed by atoms with Crippen molar-refractivity contribution in [2.45, 2.75) is 31.8 Å². The van der Waals surface area contributed by atoms with Crippen molar-refractivity contribution >= 4 is 28.8 Å². The van der Waals surface area contributed by atoms with E-state index < -0.39 is 0 Å². The van der Waals surface area contributed by atoms with Gasteiger partial charge in [0.25, 0.3) is 11.1 Å². The third kappa shape index (κ3) is 3.76. The maximum Gasteiger partial charge on any atom is 0.289 e. The van der Waals surface area contributed by atoms with E-state index in [0.717, 1.165) is 36.6 Å². The van der Waals surface area contributed by atoms with Crippen LogP contribution in [0.5, 0.6) is 0 Å². The Kier molecular flexibility index (Phi) is 4.99. The fourth-order valence-corrected chi connectivity index (χ4v) is 4.40. The molecule has 1 fully saturated rings. The zero-order valence-electron chi connectivity index (χ0n) is 14.8. The predicted molar refractivity (Wildman–Crippen MR) is 104 cm³/mol. The third-order valence-corrected chi connectivity index (χ3v) is 5.90. The number of amides is 3. The van der Waals surface area contributed by atoms with Crippen LogP contribution >= 0.6 is 11.8 Å². The highest BCUT2D eigenvalue weighted by Gasteiger charge is 2.30. The molecular weight excluding hydrogens is 360 g/mol. The molecule has 3 amide bonds. The van der Waals surface area contributed by atoms with Gasteiger partial charge in [-0.2, -0.15) is 0 Å². The van der Waals surface area contributed by atoms with Gasteiger partial charge < -0.3 is 5.32 Å². The van der Waals surface area contributed by atoms with Gasteiger partial charge in [-0.15, -0.1) is 0 Å². The van der Waals surface area contributed by atoms with Crippen LogP contribution in [0.3, 0.4) is 0 Å². The van der Waals surface area contributed by atoms with Gasteiger partial charge in [-0.25, -0.2) is 0 Å². The number of aryl methyl sites for hydroxylation is 1. The number of imide groups is 1. The molecule has 1 atom stereocenters. The first-order chi connectivity index (χ1) is 13.1. The molecule has 0 saturated carbocycles. The Balaban J connectivity index is 1.48. The highest BCUT2D eigenvalue weighted by atomic mass is 32.2. The first kappa shape index (κ1) is 17.8. The van der Waals surface area contributed by atoms with Crippen molar-refractivity contribution in [3.8, 4) is 0 Å². The van der Waals surface area contributed by atoms with Crippen LogP contribution in [0, 0.1) is 0 Å². The summed E-state index contributed by atoms with van der Waals surface area (Å²) >= 11 is 1.02. The Labute approximate surface area is 162 Å². The molecule has 1 heterocycles. The number of nitrogens with zero attached hydrogens (tertiary/aromatic N) is 1. The van der Waals surface area contributed by atoms with Crippen LogP contribution in [0.25, 0.3) is 0 Å². The SMILES string of the molecule is O=C(NC1CCCc2ccccc21)c1cccc(CN2C(=O)CSC2=O)c1. The van der Waals surface area contributed by atoms with E-state index in [-0.39, 0.29) is 35.4 Å². The van der Waals surface area contributed by atoms with Gasteiger partial charge in [-0.1, -0.05) is 48.2 Å². The summed E-state index contributed by atoms with van der Waals surface area (Å²) in [5.41, 5.74) is 3.81. The summed E-state index contributed by atoms with van der Waals surface area (Å²) in [7, 11) is 0. The van der Waals surface area contributed by atoms with E-state index in [1.165, 1.54) is 16.0 Å². The molecule has 0 radical (unpaired) electrons. The summed E-state index contributed by atoms with van der Waals surface area (Å²) in [5, 5.41) is 2.91. The molecule has 27 heavy (non-hydrogen) atoms. The van der Waals surface area contributed by atoms with Crippen LogP contribution in [-0.4, -0.2) is 27.7 Å².